The van der Waals surface area contributed by atoms with E-state index in [9.17, 15) is 13.2 Å². The Morgan fingerprint density at radius 3 is 2.52 bits per heavy atom. The summed E-state index contributed by atoms with van der Waals surface area (Å²) in [6.45, 7) is 2.82. The molecule has 0 atom stereocenters. The molecule has 0 saturated heterocycles. The first-order chi connectivity index (χ1) is 14.0. The summed E-state index contributed by atoms with van der Waals surface area (Å²) in [6, 6.07) is 11.0. The van der Waals surface area contributed by atoms with Gasteiger partial charge in [0.05, 0.1) is 4.90 Å². The molecule has 1 aliphatic carbocycles. The second-order valence-electron chi connectivity index (χ2n) is 7.99. The van der Waals surface area contributed by atoms with Gasteiger partial charge in [0.1, 0.15) is 0 Å². The van der Waals surface area contributed by atoms with Gasteiger partial charge in [0.25, 0.3) is 10.0 Å². The van der Waals surface area contributed by atoms with Crippen LogP contribution in [0, 0.1) is 0 Å². The van der Waals surface area contributed by atoms with Gasteiger partial charge in [-0.2, -0.15) is 0 Å². The van der Waals surface area contributed by atoms with Crippen molar-refractivity contribution in [2.75, 3.05) is 16.2 Å². The number of nitrogens with zero attached hydrogens (tertiary/aromatic N) is 1. The Balaban J connectivity index is 1.57. The van der Waals surface area contributed by atoms with Crippen LogP contribution in [0.2, 0.25) is 0 Å². The number of hydrogen-bond acceptors (Lipinski definition) is 3. The van der Waals surface area contributed by atoms with Gasteiger partial charge in [-0.25, -0.2) is 8.42 Å². The van der Waals surface area contributed by atoms with E-state index in [4.69, 9.17) is 0 Å². The van der Waals surface area contributed by atoms with Crippen molar-refractivity contribution in [3.63, 3.8) is 0 Å². The average molecular weight is 413 g/mol. The van der Waals surface area contributed by atoms with E-state index in [2.05, 4.69) is 11.6 Å². The monoisotopic (exact) mass is 412 g/mol. The van der Waals surface area contributed by atoms with Gasteiger partial charge in [0.2, 0.25) is 5.91 Å². The van der Waals surface area contributed by atoms with Crippen molar-refractivity contribution in [2.45, 2.75) is 63.2 Å². The summed E-state index contributed by atoms with van der Waals surface area (Å²) >= 11 is 0. The van der Waals surface area contributed by atoms with Gasteiger partial charge in [-0.1, -0.05) is 19.4 Å². The van der Waals surface area contributed by atoms with E-state index in [1.54, 1.807) is 12.1 Å². The van der Waals surface area contributed by atoms with Crippen LogP contribution in [-0.4, -0.2) is 20.9 Å². The number of fused-ring (bicyclic) bond motifs is 2. The fraction of sp³-hybridized carbons (Fsp3) is 0.435. The third-order valence-electron chi connectivity index (χ3n) is 5.90. The minimum atomic E-state index is -3.64. The molecule has 2 aromatic carbocycles. The van der Waals surface area contributed by atoms with Crippen LogP contribution >= 0.6 is 0 Å². The molecule has 0 radical (unpaired) electrons. The van der Waals surface area contributed by atoms with Crippen molar-refractivity contribution in [2.24, 2.45) is 0 Å². The lowest BCUT2D eigenvalue weighted by Gasteiger charge is -2.30. The van der Waals surface area contributed by atoms with Gasteiger partial charge in [0, 0.05) is 24.3 Å². The number of sulfonamides is 1. The molecule has 0 saturated carbocycles. The van der Waals surface area contributed by atoms with Crippen LogP contribution in [0.3, 0.4) is 0 Å². The normalized spacial score (nSPS) is 16.3. The molecule has 2 aromatic rings. The number of carbonyl (C=O) groups excluding carboxylic acids is 1. The zero-order valence-corrected chi connectivity index (χ0v) is 17.7. The molecule has 4 rings (SSSR count). The predicted molar refractivity (Wildman–Crippen MR) is 116 cm³/mol. The summed E-state index contributed by atoms with van der Waals surface area (Å²) in [5.74, 6) is 0.147. The van der Waals surface area contributed by atoms with Crippen LogP contribution < -0.4 is 9.62 Å². The minimum Gasteiger partial charge on any atom is -0.312 e. The average Bonchev–Trinajstić information content (AvgIpc) is 2.72. The van der Waals surface area contributed by atoms with Crippen LogP contribution in [0.15, 0.2) is 41.3 Å². The zero-order valence-electron chi connectivity index (χ0n) is 16.9. The largest absolute Gasteiger partial charge is 0.312 e. The highest BCUT2D eigenvalue weighted by Crippen LogP contribution is 2.32. The summed E-state index contributed by atoms with van der Waals surface area (Å²) in [7, 11) is -3.64. The van der Waals surface area contributed by atoms with Gasteiger partial charge in [-0.15, -0.1) is 0 Å². The van der Waals surface area contributed by atoms with Gasteiger partial charge in [-0.05, 0) is 85.5 Å². The lowest BCUT2D eigenvalue weighted by molar-refractivity contribution is -0.118. The zero-order chi connectivity index (χ0) is 20.4. The molecular formula is C23H28N2O3S. The molecule has 1 N–H and O–H groups in total. The van der Waals surface area contributed by atoms with Crippen molar-refractivity contribution >= 4 is 27.3 Å². The van der Waals surface area contributed by atoms with E-state index in [0.29, 0.717) is 30.0 Å². The Hall–Kier alpha value is -2.34. The second-order valence-corrected chi connectivity index (χ2v) is 9.67. The van der Waals surface area contributed by atoms with Crippen LogP contribution in [0.4, 0.5) is 11.4 Å². The first-order valence-electron chi connectivity index (χ1n) is 10.6. The molecule has 1 amide bonds. The number of carbonyl (C=O) groups is 1. The van der Waals surface area contributed by atoms with E-state index < -0.39 is 10.0 Å². The van der Waals surface area contributed by atoms with E-state index in [0.717, 1.165) is 48.9 Å². The van der Waals surface area contributed by atoms with E-state index in [-0.39, 0.29) is 5.91 Å². The van der Waals surface area contributed by atoms with Crippen LogP contribution in [0.25, 0.3) is 0 Å². The van der Waals surface area contributed by atoms with Gasteiger partial charge in [-0.3, -0.25) is 9.52 Å². The van der Waals surface area contributed by atoms with E-state index in [1.165, 1.54) is 12.0 Å². The molecule has 0 aromatic heterocycles. The fourth-order valence-electron chi connectivity index (χ4n) is 4.28. The minimum absolute atomic E-state index is 0.147. The van der Waals surface area contributed by atoms with Crippen molar-refractivity contribution in [1.29, 1.82) is 0 Å². The third kappa shape index (κ3) is 4.17. The van der Waals surface area contributed by atoms with Crippen molar-refractivity contribution in [1.82, 2.24) is 0 Å². The van der Waals surface area contributed by atoms with Crippen LogP contribution in [0.5, 0.6) is 0 Å². The molecule has 1 aliphatic heterocycles. The maximum absolute atomic E-state index is 12.9. The quantitative estimate of drug-likeness (QED) is 0.762. The molecule has 0 fully saturated rings. The highest BCUT2D eigenvalue weighted by atomic mass is 32.2. The highest BCUT2D eigenvalue weighted by molar-refractivity contribution is 7.92. The number of unbranched alkanes of at least 4 members (excludes halogenated alkanes) is 1. The highest BCUT2D eigenvalue weighted by Gasteiger charge is 2.25. The standard InChI is InChI=1S/C23H28N2O3S/c1-2-3-14-25-22-12-10-20(15-19(22)9-13-23(25)26)24-29(27,28)21-11-8-17-6-4-5-7-18(17)16-21/h8,10-12,15-16,24H,2-7,9,13-14H2,1H3. The van der Waals surface area contributed by atoms with E-state index >= 15 is 0 Å². The Labute approximate surface area is 173 Å². The third-order valence-corrected chi connectivity index (χ3v) is 7.28. The summed E-state index contributed by atoms with van der Waals surface area (Å²) in [6.07, 6.45) is 7.35. The smallest absolute Gasteiger partial charge is 0.261 e. The maximum atomic E-state index is 12.9. The molecule has 1 heterocycles. The Morgan fingerprint density at radius 2 is 1.72 bits per heavy atom. The Morgan fingerprint density at radius 1 is 0.931 bits per heavy atom. The van der Waals surface area contributed by atoms with E-state index in [1.807, 2.05) is 29.2 Å². The van der Waals surface area contributed by atoms with Gasteiger partial charge >= 0.3 is 0 Å². The Kier molecular flexibility index (Phi) is 5.63. The first kappa shape index (κ1) is 20.0. The number of aryl methyl sites for hydroxylation is 3. The molecular weight excluding hydrogens is 384 g/mol. The van der Waals surface area contributed by atoms with Crippen LogP contribution in [-0.2, 0) is 34.1 Å². The predicted octanol–water partition coefficient (Wildman–Crippen LogP) is 4.45. The van der Waals surface area contributed by atoms with Crippen molar-refractivity contribution < 1.29 is 13.2 Å². The molecule has 2 aliphatic rings. The maximum Gasteiger partial charge on any atom is 0.261 e. The first-order valence-corrected chi connectivity index (χ1v) is 12.0. The molecule has 0 bridgehead atoms. The second kappa shape index (κ2) is 8.19. The molecule has 29 heavy (non-hydrogen) atoms. The number of amides is 1. The topological polar surface area (TPSA) is 66.5 Å². The van der Waals surface area contributed by atoms with Crippen molar-refractivity contribution in [3.8, 4) is 0 Å². The van der Waals surface area contributed by atoms with Gasteiger partial charge < -0.3 is 4.90 Å². The van der Waals surface area contributed by atoms with Gasteiger partial charge in [0.15, 0.2) is 0 Å². The lowest BCUT2D eigenvalue weighted by atomic mass is 9.92. The summed E-state index contributed by atoms with van der Waals surface area (Å²) in [5.41, 5.74) is 4.89. The number of nitrogens with one attached hydrogen (secondary N) is 1. The number of anilines is 2. The molecule has 6 heteroatoms. The number of hydrogen-bond donors (Lipinski definition) is 1. The van der Waals surface area contributed by atoms with Crippen molar-refractivity contribution in [3.05, 3.63) is 53.1 Å². The SMILES string of the molecule is CCCCN1C(=O)CCc2cc(NS(=O)(=O)c3ccc4c(c3)CCCC4)ccc21. The number of benzene rings is 2. The summed E-state index contributed by atoms with van der Waals surface area (Å²) < 4.78 is 28.6. The fourth-order valence-corrected chi connectivity index (χ4v) is 5.38. The lowest BCUT2D eigenvalue weighted by Crippen LogP contribution is -2.35. The summed E-state index contributed by atoms with van der Waals surface area (Å²) in [5, 5.41) is 0. The Bertz CT molecular complexity index is 1030. The molecule has 0 unspecified atom stereocenters. The van der Waals surface area contributed by atoms with Crippen LogP contribution in [0.1, 0.15) is 55.7 Å². The molecule has 154 valence electrons. The molecule has 0 spiro atoms. The number of rotatable bonds is 6. The molecule has 5 nitrogen and oxygen atoms in total. The summed E-state index contributed by atoms with van der Waals surface area (Å²) in [4.78, 5) is 14.4.